The first-order valence-electron chi connectivity index (χ1n) is 3.74. The van der Waals surface area contributed by atoms with E-state index in [0.29, 0.717) is 9.92 Å². The molecular weight excluding hydrogens is 229 g/mol. The third-order valence-electron chi connectivity index (χ3n) is 1.43. The van der Waals surface area contributed by atoms with Crippen molar-refractivity contribution in [1.29, 1.82) is 0 Å². The molecule has 1 atom stereocenters. The Labute approximate surface area is 90.4 Å². The van der Waals surface area contributed by atoms with E-state index >= 15 is 0 Å². The van der Waals surface area contributed by atoms with Crippen LogP contribution in [0.1, 0.15) is 13.8 Å². The fourth-order valence-corrected chi connectivity index (χ4v) is 2.06. The second kappa shape index (κ2) is 4.51. The molecule has 0 saturated heterocycles. The summed E-state index contributed by atoms with van der Waals surface area (Å²) in [6.07, 6.45) is 1.49. The van der Waals surface area contributed by atoms with Crippen LogP contribution in [0.2, 0.25) is 10.2 Å². The third kappa shape index (κ3) is 2.74. The lowest BCUT2D eigenvalue weighted by Crippen LogP contribution is -2.14. The van der Waals surface area contributed by atoms with Crippen LogP contribution in [0.5, 0.6) is 0 Å². The summed E-state index contributed by atoms with van der Waals surface area (Å²) in [5.74, 6) is 0. The largest absolute Gasteiger partial charge is 0.611 e. The molecule has 0 aliphatic rings. The highest BCUT2D eigenvalue weighted by molar-refractivity contribution is 7.92. The van der Waals surface area contributed by atoms with Gasteiger partial charge in [-0.1, -0.05) is 23.2 Å². The van der Waals surface area contributed by atoms with Gasteiger partial charge in [-0.05, 0) is 25.0 Å². The number of aromatic nitrogens is 1. The van der Waals surface area contributed by atoms with Crippen molar-refractivity contribution < 1.29 is 4.55 Å². The molecule has 0 saturated carbocycles. The minimum Gasteiger partial charge on any atom is -0.611 e. The van der Waals surface area contributed by atoms with E-state index in [1.54, 1.807) is 6.07 Å². The lowest BCUT2D eigenvalue weighted by molar-refractivity contribution is 0.586. The molecule has 1 rings (SSSR count). The SMILES string of the molecule is CC(C)[S+]([O-])c1cnc(Cl)c(Cl)c1. The highest BCUT2D eigenvalue weighted by atomic mass is 35.5. The second-order valence-corrected chi connectivity index (χ2v) is 5.56. The molecule has 0 aliphatic carbocycles. The van der Waals surface area contributed by atoms with Crippen molar-refractivity contribution in [3.05, 3.63) is 22.4 Å². The summed E-state index contributed by atoms with van der Waals surface area (Å²) in [7, 11) is 0. The van der Waals surface area contributed by atoms with E-state index in [1.807, 2.05) is 13.8 Å². The Kier molecular flexibility index (Phi) is 3.86. The van der Waals surface area contributed by atoms with Gasteiger partial charge in [0, 0.05) is 6.07 Å². The number of pyridine rings is 1. The van der Waals surface area contributed by atoms with Crippen LogP contribution in [0, 0.1) is 0 Å². The predicted octanol–water partition coefficient (Wildman–Crippen LogP) is 2.90. The summed E-state index contributed by atoms with van der Waals surface area (Å²) in [5.41, 5.74) is 0. The molecule has 0 N–H and O–H groups in total. The van der Waals surface area contributed by atoms with E-state index in [-0.39, 0.29) is 10.4 Å². The van der Waals surface area contributed by atoms with E-state index in [9.17, 15) is 4.55 Å². The van der Waals surface area contributed by atoms with Crippen molar-refractivity contribution in [2.75, 3.05) is 0 Å². The molecular formula is C8H9Cl2NOS. The van der Waals surface area contributed by atoms with Crippen molar-refractivity contribution in [3.8, 4) is 0 Å². The van der Waals surface area contributed by atoms with Gasteiger partial charge in [-0.15, -0.1) is 0 Å². The zero-order valence-electron chi connectivity index (χ0n) is 7.25. The van der Waals surface area contributed by atoms with Crippen molar-refractivity contribution >= 4 is 34.4 Å². The van der Waals surface area contributed by atoms with Crippen molar-refractivity contribution in [2.24, 2.45) is 0 Å². The summed E-state index contributed by atoms with van der Waals surface area (Å²) < 4.78 is 11.6. The van der Waals surface area contributed by atoms with Gasteiger partial charge in [0.2, 0.25) is 0 Å². The predicted molar refractivity (Wildman–Crippen MR) is 55.8 cm³/mol. The van der Waals surface area contributed by atoms with E-state index < -0.39 is 11.2 Å². The molecule has 2 nitrogen and oxygen atoms in total. The fraction of sp³-hybridized carbons (Fsp3) is 0.375. The minimum absolute atomic E-state index is 0.0547. The number of rotatable bonds is 2. The Hall–Kier alpha value is 0.0400. The molecule has 1 aromatic rings. The Morgan fingerprint density at radius 1 is 1.46 bits per heavy atom. The Bertz CT molecular complexity index is 306. The van der Waals surface area contributed by atoms with Crippen molar-refractivity contribution in [3.63, 3.8) is 0 Å². The van der Waals surface area contributed by atoms with Gasteiger partial charge in [0.15, 0.2) is 4.90 Å². The maximum absolute atomic E-state index is 11.6. The van der Waals surface area contributed by atoms with Crippen molar-refractivity contribution in [2.45, 2.75) is 24.0 Å². The van der Waals surface area contributed by atoms with Gasteiger partial charge in [0.1, 0.15) is 10.4 Å². The maximum Gasteiger partial charge on any atom is 0.172 e. The number of hydrogen-bond donors (Lipinski definition) is 0. The molecule has 72 valence electrons. The van der Waals surface area contributed by atoms with Gasteiger partial charge >= 0.3 is 0 Å². The molecule has 0 fully saturated rings. The molecule has 1 heterocycles. The van der Waals surface area contributed by atoms with Crippen LogP contribution in [0.4, 0.5) is 0 Å². The van der Waals surface area contributed by atoms with Gasteiger partial charge in [0.05, 0.1) is 11.2 Å². The number of nitrogens with zero attached hydrogens (tertiary/aromatic N) is 1. The average Bonchev–Trinajstić information content (AvgIpc) is 2.08. The summed E-state index contributed by atoms with van der Waals surface area (Å²) in [5, 5.41) is 0.637. The molecule has 1 unspecified atom stereocenters. The van der Waals surface area contributed by atoms with E-state index in [2.05, 4.69) is 4.98 Å². The zero-order chi connectivity index (χ0) is 10.0. The number of hydrogen-bond acceptors (Lipinski definition) is 2. The Morgan fingerprint density at radius 3 is 2.54 bits per heavy atom. The van der Waals surface area contributed by atoms with Gasteiger partial charge in [0.25, 0.3) is 0 Å². The summed E-state index contributed by atoms with van der Waals surface area (Å²) >= 11 is 10.3. The van der Waals surface area contributed by atoms with Crippen LogP contribution >= 0.6 is 23.2 Å². The molecule has 0 amide bonds. The minimum atomic E-state index is -1.06. The van der Waals surface area contributed by atoms with Crippen LogP contribution in [-0.4, -0.2) is 14.8 Å². The first-order chi connectivity index (χ1) is 6.02. The van der Waals surface area contributed by atoms with Crippen molar-refractivity contribution in [1.82, 2.24) is 4.98 Å². The quantitative estimate of drug-likeness (QED) is 0.586. The third-order valence-corrected chi connectivity index (χ3v) is 3.66. The van der Waals surface area contributed by atoms with Crippen LogP contribution in [0.25, 0.3) is 0 Å². The average molecular weight is 238 g/mol. The molecule has 0 aliphatic heterocycles. The van der Waals surface area contributed by atoms with Gasteiger partial charge in [-0.25, -0.2) is 4.98 Å². The summed E-state index contributed by atoms with van der Waals surface area (Å²) in [6, 6.07) is 1.59. The summed E-state index contributed by atoms with van der Waals surface area (Å²) in [6.45, 7) is 3.75. The van der Waals surface area contributed by atoms with Gasteiger partial charge in [-0.2, -0.15) is 0 Å². The monoisotopic (exact) mass is 237 g/mol. The van der Waals surface area contributed by atoms with E-state index in [1.165, 1.54) is 6.20 Å². The van der Waals surface area contributed by atoms with Crippen LogP contribution in [-0.2, 0) is 11.2 Å². The molecule has 5 heteroatoms. The summed E-state index contributed by atoms with van der Waals surface area (Å²) in [4.78, 5) is 4.44. The Morgan fingerprint density at radius 2 is 2.08 bits per heavy atom. The lowest BCUT2D eigenvalue weighted by atomic mass is 10.5. The van der Waals surface area contributed by atoms with Crippen LogP contribution in [0.15, 0.2) is 17.2 Å². The van der Waals surface area contributed by atoms with E-state index in [4.69, 9.17) is 23.2 Å². The van der Waals surface area contributed by atoms with Gasteiger partial charge < -0.3 is 4.55 Å². The smallest absolute Gasteiger partial charge is 0.172 e. The first kappa shape index (κ1) is 11.1. The topological polar surface area (TPSA) is 36.0 Å². The molecule has 13 heavy (non-hydrogen) atoms. The molecule has 0 aromatic carbocycles. The molecule has 0 radical (unpaired) electrons. The highest BCUT2D eigenvalue weighted by Crippen LogP contribution is 2.24. The van der Waals surface area contributed by atoms with Gasteiger partial charge in [-0.3, -0.25) is 0 Å². The Balaban J connectivity index is 2.97. The fourth-order valence-electron chi connectivity index (χ4n) is 0.786. The number of halogens is 2. The standard InChI is InChI=1S/C8H9Cl2NOS/c1-5(2)13(12)6-3-7(9)8(10)11-4-6/h3-5H,1-2H3. The van der Waals surface area contributed by atoms with Crippen LogP contribution < -0.4 is 0 Å². The first-order valence-corrected chi connectivity index (χ1v) is 5.71. The molecule has 0 bridgehead atoms. The van der Waals surface area contributed by atoms with E-state index in [0.717, 1.165) is 0 Å². The lowest BCUT2D eigenvalue weighted by Gasteiger charge is -2.13. The normalized spacial score (nSPS) is 13.4. The van der Waals surface area contributed by atoms with Crippen LogP contribution in [0.3, 0.4) is 0 Å². The molecule has 1 aromatic heterocycles. The maximum atomic E-state index is 11.6. The molecule has 0 spiro atoms. The zero-order valence-corrected chi connectivity index (χ0v) is 9.58. The second-order valence-electron chi connectivity index (χ2n) is 2.79. The highest BCUT2D eigenvalue weighted by Gasteiger charge is 2.17.